The Morgan fingerprint density at radius 2 is 2.04 bits per heavy atom. The molecule has 2 aromatic rings. The third kappa shape index (κ3) is 4.54. The van der Waals surface area contributed by atoms with Crippen LogP contribution in [0.5, 0.6) is 5.75 Å². The van der Waals surface area contributed by atoms with Crippen molar-refractivity contribution >= 4 is 11.9 Å². The number of para-hydroxylation sites is 1. The predicted molar refractivity (Wildman–Crippen MR) is 104 cm³/mol. The van der Waals surface area contributed by atoms with E-state index in [0.717, 1.165) is 18.6 Å². The average Bonchev–Trinajstić information content (AvgIpc) is 3.28. The molecule has 150 valence electrons. The number of carboxylic acid groups (broad SMARTS) is 1. The first kappa shape index (κ1) is 19.9. The maximum atomic E-state index is 13.2. The van der Waals surface area contributed by atoms with Gasteiger partial charge in [-0.2, -0.15) is 0 Å². The van der Waals surface area contributed by atoms with Crippen molar-refractivity contribution in [3.63, 3.8) is 0 Å². The number of hydrogen-bond donors (Lipinski definition) is 2. The van der Waals surface area contributed by atoms with E-state index in [2.05, 4.69) is 4.98 Å². The number of amides is 1. The van der Waals surface area contributed by atoms with Crippen molar-refractivity contribution in [1.82, 2.24) is 9.88 Å². The molecule has 1 aliphatic heterocycles. The van der Waals surface area contributed by atoms with Crippen molar-refractivity contribution < 1.29 is 24.2 Å². The highest BCUT2D eigenvalue weighted by molar-refractivity contribution is 6.00. The zero-order chi connectivity index (χ0) is 20.1. The number of carboxylic acids is 1. The molecular weight excluding hydrogens is 360 g/mol. The highest BCUT2D eigenvalue weighted by Crippen LogP contribution is 2.21. The molecule has 1 fully saturated rings. The number of carbonyl (C=O) groups is 2. The SMILES string of the molecule is Cc1[nH]c(C(=O)N(CCOc2ccccc2)CC2CCCO2)c(C)c1C(=O)O. The molecule has 7 heteroatoms. The van der Waals surface area contributed by atoms with Crippen molar-refractivity contribution in [2.75, 3.05) is 26.3 Å². The lowest BCUT2D eigenvalue weighted by Gasteiger charge is -2.25. The van der Waals surface area contributed by atoms with Gasteiger partial charge in [0.25, 0.3) is 5.91 Å². The molecule has 1 saturated heterocycles. The molecule has 0 saturated carbocycles. The van der Waals surface area contributed by atoms with Gasteiger partial charge in [-0.15, -0.1) is 0 Å². The molecule has 0 aliphatic carbocycles. The summed E-state index contributed by atoms with van der Waals surface area (Å²) < 4.78 is 11.4. The van der Waals surface area contributed by atoms with Crippen LogP contribution in [0.25, 0.3) is 0 Å². The number of nitrogens with one attached hydrogen (secondary N) is 1. The average molecular weight is 386 g/mol. The minimum atomic E-state index is -1.04. The topological polar surface area (TPSA) is 91.9 Å². The number of aryl methyl sites for hydroxylation is 1. The molecular formula is C21H26N2O5. The zero-order valence-corrected chi connectivity index (χ0v) is 16.2. The lowest BCUT2D eigenvalue weighted by Crippen LogP contribution is -2.40. The number of ether oxygens (including phenoxy) is 2. The number of H-pyrrole nitrogens is 1. The molecule has 2 heterocycles. The van der Waals surface area contributed by atoms with Crippen molar-refractivity contribution in [2.45, 2.75) is 32.8 Å². The van der Waals surface area contributed by atoms with E-state index >= 15 is 0 Å². The van der Waals surface area contributed by atoms with Crippen LogP contribution >= 0.6 is 0 Å². The molecule has 1 amide bonds. The smallest absolute Gasteiger partial charge is 0.337 e. The summed E-state index contributed by atoms with van der Waals surface area (Å²) in [5.74, 6) is -0.532. The Morgan fingerprint density at radius 1 is 1.29 bits per heavy atom. The molecule has 1 atom stereocenters. The fraction of sp³-hybridized carbons (Fsp3) is 0.429. The van der Waals surface area contributed by atoms with E-state index in [-0.39, 0.29) is 17.6 Å². The fourth-order valence-corrected chi connectivity index (χ4v) is 3.54. The second kappa shape index (κ2) is 8.93. The molecule has 7 nitrogen and oxygen atoms in total. The maximum Gasteiger partial charge on any atom is 0.337 e. The number of benzene rings is 1. The second-order valence-corrected chi connectivity index (χ2v) is 6.98. The highest BCUT2D eigenvalue weighted by Gasteiger charge is 2.28. The minimum absolute atomic E-state index is 0.00372. The molecule has 0 spiro atoms. The van der Waals surface area contributed by atoms with Gasteiger partial charge in [0, 0.05) is 18.8 Å². The van der Waals surface area contributed by atoms with Crippen LogP contribution in [-0.2, 0) is 4.74 Å². The number of nitrogens with zero attached hydrogens (tertiary/aromatic N) is 1. The Bertz CT molecular complexity index is 825. The molecule has 0 radical (unpaired) electrons. The van der Waals surface area contributed by atoms with E-state index in [9.17, 15) is 14.7 Å². The molecule has 1 aromatic heterocycles. The molecule has 3 rings (SSSR count). The third-order valence-electron chi connectivity index (χ3n) is 4.97. The quantitative estimate of drug-likeness (QED) is 0.728. The molecule has 1 unspecified atom stereocenters. The van der Waals surface area contributed by atoms with Gasteiger partial charge in [0.05, 0.1) is 18.2 Å². The first-order valence-corrected chi connectivity index (χ1v) is 9.48. The number of hydrogen-bond acceptors (Lipinski definition) is 4. The third-order valence-corrected chi connectivity index (χ3v) is 4.97. The van der Waals surface area contributed by atoms with Crippen molar-refractivity contribution in [2.24, 2.45) is 0 Å². The number of aromatic amines is 1. The monoisotopic (exact) mass is 386 g/mol. The number of carbonyl (C=O) groups excluding carboxylic acids is 1. The van der Waals surface area contributed by atoms with Gasteiger partial charge in [0.2, 0.25) is 0 Å². The van der Waals surface area contributed by atoms with Crippen LogP contribution in [0, 0.1) is 13.8 Å². The Kier molecular flexibility index (Phi) is 6.36. The van der Waals surface area contributed by atoms with Crippen LogP contribution in [0.2, 0.25) is 0 Å². The zero-order valence-electron chi connectivity index (χ0n) is 16.2. The van der Waals surface area contributed by atoms with E-state index in [0.29, 0.717) is 43.3 Å². The summed E-state index contributed by atoms with van der Waals surface area (Å²) in [6.45, 7) is 5.20. The van der Waals surface area contributed by atoms with Crippen LogP contribution in [0.15, 0.2) is 30.3 Å². The lowest BCUT2D eigenvalue weighted by atomic mass is 10.1. The molecule has 2 N–H and O–H groups in total. The van der Waals surface area contributed by atoms with Crippen LogP contribution in [0.3, 0.4) is 0 Å². The van der Waals surface area contributed by atoms with E-state index in [1.807, 2.05) is 30.3 Å². The van der Waals surface area contributed by atoms with Crippen molar-refractivity contribution in [3.05, 3.63) is 52.8 Å². The summed E-state index contributed by atoms with van der Waals surface area (Å²) in [7, 11) is 0. The largest absolute Gasteiger partial charge is 0.492 e. The molecule has 28 heavy (non-hydrogen) atoms. The normalized spacial score (nSPS) is 16.1. The fourth-order valence-electron chi connectivity index (χ4n) is 3.54. The van der Waals surface area contributed by atoms with Gasteiger partial charge in [0.1, 0.15) is 18.1 Å². The summed E-state index contributed by atoms with van der Waals surface area (Å²) in [4.78, 5) is 29.3. The number of rotatable bonds is 8. The van der Waals surface area contributed by atoms with E-state index < -0.39 is 5.97 Å². The molecule has 1 aliphatic rings. The first-order chi connectivity index (χ1) is 13.5. The van der Waals surface area contributed by atoms with Crippen LogP contribution in [0.4, 0.5) is 0 Å². The van der Waals surface area contributed by atoms with Crippen LogP contribution in [-0.4, -0.2) is 59.3 Å². The maximum absolute atomic E-state index is 13.2. The van der Waals surface area contributed by atoms with Gasteiger partial charge in [-0.05, 0) is 44.4 Å². The van der Waals surface area contributed by atoms with Gasteiger partial charge < -0.3 is 24.5 Å². The summed E-state index contributed by atoms with van der Waals surface area (Å²) in [6.07, 6.45) is 1.89. The summed E-state index contributed by atoms with van der Waals surface area (Å²) >= 11 is 0. The predicted octanol–water partition coefficient (Wildman–Crippen LogP) is 3.03. The van der Waals surface area contributed by atoms with Crippen LogP contribution < -0.4 is 4.74 Å². The van der Waals surface area contributed by atoms with Gasteiger partial charge >= 0.3 is 5.97 Å². The van der Waals surface area contributed by atoms with E-state index in [1.54, 1.807) is 18.7 Å². The Hall–Kier alpha value is -2.80. The Labute approximate surface area is 164 Å². The minimum Gasteiger partial charge on any atom is -0.492 e. The Morgan fingerprint density at radius 3 is 2.64 bits per heavy atom. The van der Waals surface area contributed by atoms with E-state index in [1.165, 1.54) is 0 Å². The summed E-state index contributed by atoms with van der Waals surface area (Å²) in [6, 6.07) is 9.43. The standard InChI is InChI=1S/C21H26N2O5/c1-14-18(21(25)26)15(2)22-19(14)20(24)23(13-17-9-6-11-27-17)10-12-28-16-7-4-3-5-8-16/h3-5,7-8,17,22H,6,9-13H2,1-2H3,(H,25,26). The Balaban J connectivity index is 1.74. The summed E-state index contributed by atoms with van der Waals surface area (Å²) in [5, 5.41) is 9.39. The number of aromatic nitrogens is 1. The van der Waals surface area contributed by atoms with Gasteiger partial charge in [0.15, 0.2) is 0 Å². The highest BCUT2D eigenvalue weighted by atomic mass is 16.5. The van der Waals surface area contributed by atoms with Crippen molar-refractivity contribution in [3.8, 4) is 5.75 Å². The molecule has 0 bridgehead atoms. The van der Waals surface area contributed by atoms with Gasteiger partial charge in [-0.1, -0.05) is 18.2 Å². The van der Waals surface area contributed by atoms with Gasteiger partial charge in [-0.25, -0.2) is 4.79 Å². The number of aromatic carboxylic acids is 1. The van der Waals surface area contributed by atoms with Crippen LogP contribution in [0.1, 0.15) is 44.9 Å². The van der Waals surface area contributed by atoms with Gasteiger partial charge in [-0.3, -0.25) is 4.79 Å². The van der Waals surface area contributed by atoms with Crippen molar-refractivity contribution in [1.29, 1.82) is 0 Å². The second-order valence-electron chi connectivity index (χ2n) is 6.98. The van der Waals surface area contributed by atoms with E-state index in [4.69, 9.17) is 9.47 Å². The lowest BCUT2D eigenvalue weighted by molar-refractivity contribution is 0.0489. The summed E-state index contributed by atoms with van der Waals surface area (Å²) in [5.41, 5.74) is 1.40. The first-order valence-electron chi connectivity index (χ1n) is 9.48. The molecule has 1 aromatic carbocycles.